The summed E-state index contributed by atoms with van der Waals surface area (Å²) in [6.07, 6.45) is 4.66. The van der Waals surface area contributed by atoms with Crippen LogP contribution >= 0.6 is 0 Å². The number of amides is 1. The van der Waals surface area contributed by atoms with Crippen LogP contribution in [-0.2, 0) is 14.8 Å². The second-order valence-corrected chi connectivity index (χ2v) is 10.7. The molecule has 0 radical (unpaired) electrons. The van der Waals surface area contributed by atoms with Crippen molar-refractivity contribution in [2.75, 3.05) is 13.1 Å². The summed E-state index contributed by atoms with van der Waals surface area (Å²) >= 11 is 0. The van der Waals surface area contributed by atoms with E-state index in [9.17, 15) is 13.2 Å². The lowest BCUT2D eigenvalue weighted by Gasteiger charge is -2.33. The zero-order valence-corrected chi connectivity index (χ0v) is 18.8. The molecule has 0 unspecified atom stereocenters. The molecule has 164 valence electrons. The molecule has 8 heteroatoms. The van der Waals surface area contributed by atoms with Gasteiger partial charge in [0.05, 0.1) is 4.90 Å². The van der Waals surface area contributed by atoms with E-state index in [2.05, 4.69) is 4.98 Å². The Bertz CT molecular complexity index is 1190. The van der Waals surface area contributed by atoms with Gasteiger partial charge in [-0.3, -0.25) is 0 Å². The highest BCUT2D eigenvalue weighted by atomic mass is 32.2. The molecule has 1 aliphatic rings. The van der Waals surface area contributed by atoms with Crippen LogP contribution < -0.4 is 0 Å². The minimum absolute atomic E-state index is 0.230. The quantitative estimate of drug-likeness (QED) is 0.602. The first-order valence-corrected chi connectivity index (χ1v) is 11.8. The van der Waals surface area contributed by atoms with Crippen molar-refractivity contribution in [1.82, 2.24) is 13.9 Å². The molecule has 0 N–H and O–H groups in total. The van der Waals surface area contributed by atoms with E-state index in [-0.39, 0.29) is 16.9 Å². The second-order valence-electron chi connectivity index (χ2n) is 8.85. The number of hydrogen-bond donors (Lipinski definition) is 0. The third kappa shape index (κ3) is 4.44. The van der Waals surface area contributed by atoms with Crippen LogP contribution in [0.2, 0.25) is 0 Å². The third-order valence-electron chi connectivity index (χ3n) is 5.43. The minimum Gasteiger partial charge on any atom is -0.444 e. The van der Waals surface area contributed by atoms with Crippen LogP contribution in [0.15, 0.2) is 59.8 Å². The van der Waals surface area contributed by atoms with Crippen molar-refractivity contribution in [2.45, 2.75) is 50.0 Å². The first-order valence-electron chi connectivity index (χ1n) is 10.4. The number of likely N-dealkylation sites (tertiary alicyclic amines) is 1. The van der Waals surface area contributed by atoms with E-state index in [0.29, 0.717) is 18.7 Å². The maximum Gasteiger partial charge on any atom is 0.410 e. The molecule has 1 amide bonds. The minimum atomic E-state index is -3.70. The number of carbonyl (C=O) groups is 1. The Morgan fingerprint density at radius 3 is 2.42 bits per heavy atom. The molecule has 0 saturated carbocycles. The Morgan fingerprint density at radius 1 is 1.10 bits per heavy atom. The number of piperidine rings is 1. The van der Waals surface area contributed by atoms with Gasteiger partial charge in [-0.2, -0.15) is 0 Å². The van der Waals surface area contributed by atoms with Crippen LogP contribution in [0.25, 0.3) is 11.0 Å². The maximum atomic E-state index is 13.0. The summed E-state index contributed by atoms with van der Waals surface area (Å²) < 4.78 is 32.6. The third-order valence-corrected chi connectivity index (χ3v) is 7.11. The summed E-state index contributed by atoms with van der Waals surface area (Å²) in [5, 5.41) is 0.784. The molecule has 3 aromatic rings. The number of carbonyl (C=O) groups excluding carboxylic acids is 1. The normalized spacial score (nSPS) is 15.9. The van der Waals surface area contributed by atoms with E-state index < -0.39 is 15.6 Å². The largest absolute Gasteiger partial charge is 0.444 e. The first kappa shape index (κ1) is 21.4. The number of hydrogen-bond acceptors (Lipinski definition) is 5. The fourth-order valence-electron chi connectivity index (χ4n) is 3.86. The molecule has 4 rings (SSSR count). The lowest BCUT2D eigenvalue weighted by atomic mass is 9.90. The number of nitrogens with zero attached hydrogens (tertiary/aromatic N) is 3. The number of benzene rings is 1. The summed E-state index contributed by atoms with van der Waals surface area (Å²) in [7, 11) is -3.70. The van der Waals surface area contributed by atoms with E-state index in [1.807, 2.05) is 26.8 Å². The lowest BCUT2D eigenvalue weighted by Crippen LogP contribution is -2.41. The van der Waals surface area contributed by atoms with Gasteiger partial charge in [0, 0.05) is 30.9 Å². The van der Waals surface area contributed by atoms with E-state index in [4.69, 9.17) is 4.74 Å². The smallest absolute Gasteiger partial charge is 0.410 e. The van der Waals surface area contributed by atoms with Gasteiger partial charge in [0.2, 0.25) is 0 Å². The zero-order chi connectivity index (χ0) is 22.2. The van der Waals surface area contributed by atoms with Gasteiger partial charge in [-0.25, -0.2) is 22.2 Å². The molecule has 7 nitrogen and oxygen atoms in total. The molecule has 2 aromatic heterocycles. The molecule has 1 fully saturated rings. The van der Waals surface area contributed by atoms with Crippen LogP contribution in [0.1, 0.15) is 45.1 Å². The molecule has 1 aromatic carbocycles. The number of fused-ring (bicyclic) bond motifs is 1. The van der Waals surface area contributed by atoms with Gasteiger partial charge in [-0.05, 0) is 69.4 Å². The monoisotopic (exact) mass is 441 g/mol. The number of ether oxygens (including phenoxy) is 1. The van der Waals surface area contributed by atoms with Crippen molar-refractivity contribution >= 4 is 27.1 Å². The lowest BCUT2D eigenvalue weighted by molar-refractivity contribution is 0.0205. The fraction of sp³-hybridized carbons (Fsp3) is 0.391. The Kier molecular flexibility index (Phi) is 5.51. The average molecular weight is 442 g/mol. The van der Waals surface area contributed by atoms with Crippen LogP contribution in [0.3, 0.4) is 0 Å². The van der Waals surface area contributed by atoms with Crippen molar-refractivity contribution in [1.29, 1.82) is 0 Å². The Balaban J connectivity index is 1.51. The van der Waals surface area contributed by atoms with Crippen molar-refractivity contribution < 1.29 is 17.9 Å². The zero-order valence-electron chi connectivity index (χ0n) is 18.0. The van der Waals surface area contributed by atoms with E-state index in [1.165, 1.54) is 3.97 Å². The number of pyridine rings is 1. The van der Waals surface area contributed by atoms with Gasteiger partial charge >= 0.3 is 6.09 Å². The molecule has 3 heterocycles. The SMILES string of the molecule is CC(C)(C)OC(=O)N1CCC(c2cnc3c(ccn3S(=O)(=O)c3ccccc3)c2)CC1. The van der Waals surface area contributed by atoms with Gasteiger partial charge in [0.1, 0.15) is 5.60 Å². The number of rotatable bonds is 3. The first-order chi connectivity index (χ1) is 14.6. The second kappa shape index (κ2) is 8.00. The van der Waals surface area contributed by atoms with Gasteiger partial charge in [0.25, 0.3) is 10.0 Å². The number of aromatic nitrogens is 2. The molecule has 1 aliphatic heterocycles. The molecule has 0 aliphatic carbocycles. The fourth-order valence-corrected chi connectivity index (χ4v) is 5.19. The summed E-state index contributed by atoms with van der Waals surface area (Å²) in [5.41, 5.74) is 0.973. The molecule has 0 bridgehead atoms. The Labute approximate surface area is 182 Å². The van der Waals surface area contributed by atoms with Crippen molar-refractivity contribution in [3.63, 3.8) is 0 Å². The van der Waals surface area contributed by atoms with E-state index in [1.54, 1.807) is 53.7 Å². The van der Waals surface area contributed by atoms with E-state index >= 15 is 0 Å². The van der Waals surface area contributed by atoms with Gasteiger partial charge < -0.3 is 9.64 Å². The predicted octanol–water partition coefficient (Wildman–Crippen LogP) is 4.39. The van der Waals surface area contributed by atoms with Gasteiger partial charge in [-0.15, -0.1) is 0 Å². The van der Waals surface area contributed by atoms with Crippen molar-refractivity contribution in [2.24, 2.45) is 0 Å². The highest BCUT2D eigenvalue weighted by molar-refractivity contribution is 7.90. The summed E-state index contributed by atoms with van der Waals surface area (Å²) in [6.45, 7) is 6.84. The Hall–Kier alpha value is -2.87. The van der Waals surface area contributed by atoms with Crippen LogP contribution in [0, 0.1) is 0 Å². The van der Waals surface area contributed by atoms with Crippen LogP contribution in [-0.4, -0.2) is 47.1 Å². The van der Waals surface area contributed by atoms with Crippen LogP contribution in [0.5, 0.6) is 0 Å². The summed E-state index contributed by atoms with van der Waals surface area (Å²) in [5.74, 6) is 0.268. The molecular formula is C23H27N3O4S. The van der Waals surface area contributed by atoms with Gasteiger partial charge in [0.15, 0.2) is 5.65 Å². The molecule has 0 spiro atoms. The van der Waals surface area contributed by atoms with Crippen molar-refractivity contribution in [3.05, 3.63) is 60.4 Å². The molecule has 31 heavy (non-hydrogen) atoms. The Morgan fingerprint density at radius 2 is 1.77 bits per heavy atom. The van der Waals surface area contributed by atoms with Gasteiger partial charge in [-0.1, -0.05) is 18.2 Å². The molecular weight excluding hydrogens is 414 g/mol. The standard InChI is InChI=1S/C23H27N3O4S/c1-23(2,3)30-22(27)25-12-9-17(10-13-25)19-15-18-11-14-26(21(18)24-16-19)31(28,29)20-7-5-4-6-8-20/h4-8,11,14-17H,9-10,12-13H2,1-3H3. The molecule has 1 saturated heterocycles. The molecule has 0 atom stereocenters. The average Bonchev–Trinajstić information content (AvgIpc) is 3.17. The topological polar surface area (TPSA) is 81.5 Å². The summed E-state index contributed by atoms with van der Waals surface area (Å²) in [6, 6.07) is 12.1. The van der Waals surface area contributed by atoms with Crippen LogP contribution in [0.4, 0.5) is 4.79 Å². The highest BCUT2D eigenvalue weighted by Crippen LogP contribution is 2.31. The maximum absolute atomic E-state index is 13.0. The summed E-state index contributed by atoms with van der Waals surface area (Å²) in [4.78, 5) is 18.7. The highest BCUT2D eigenvalue weighted by Gasteiger charge is 2.28. The van der Waals surface area contributed by atoms with Crippen molar-refractivity contribution in [3.8, 4) is 0 Å². The van der Waals surface area contributed by atoms with E-state index in [0.717, 1.165) is 23.8 Å². The predicted molar refractivity (Wildman–Crippen MR) is 119 cm³/mol.